The first-order valence-electron chi connectivity index (χ1n) is 7.12. The SMILES string of the molecule is Cc1cc(C=O)cc(C)c1OCCCN1CCCC1. The molecule has 1 aliphatic heterocycles. The molecule has 0 aromatic heterocycles. The lowest BCUT2D eigenvalue weighted by atomic mass is 10.1. The van der Waals surface area contributed by atoms with E-state index in [0.717, 1.165) is 48.3 Å². The predicted molar refractivity (Wildman–Crippen MR) is 77.1 cm³/mol. The first kappa shape index (κ1) is 14.1. The lowest BCUT2D eigenvalue weighted by molar-refractivity contribution is 0.112. The van der Waals surface area contributed by atoms with Crippen LogP contribution >= 0.6 is 0 Å². The minimum absolute atomic E-state index is 0.722. The van der Waals surface area contributed by atoms with Crippen LogP contribution < -0.4 is 4.74 Å². The number of aryl methyl sites for hydroxylation is 2. The van der Waals surface area contributed by atoms with Gasteiger partial charge in [0.1, 0.15) is 12.0 Å². The second kappa shape index (κ2) is 6.71. The summed E-state index contributed by atoms with van der Waals surface area (Å²) in [6, 6.07) is 3.77. The molecule has 0 spiro atoms. The maximum atomic E-state index is 10.8. The molecule has 1 fully saturated rings. The molecule has 0 atom stereocenters. The number of benzene rings is 1. The highest BCUT2D eigenvalue weighted by Crippen LogP contribution is 2.24. The van der Waals surface area contributed by atoms with Crippen molar-refractivity contribution in [3.05, 3.63) is 28.8 Å². The average Bonchev–Trinajstić information content (AvgIpc) is 2.89. The van der Waals surface area contributed by atoms with Gasteiger partial charge in [0.25, 0.3) is 0 Å². The van der Waals surface area contributed by atoms with Gasteiger partial charge in [-0.25, -0.2) is 0 Å². The maximum Gasteiger partial charge on any atom is 0.150 e. The largest absolute Gasteiger partial charge is 0.493 e. The molecule has 2 rings (SSSR count). The second-order valence-electron chi connectivity index (χ2n) is 5.35. The Morgan fingerprint density at radius 2 is 1.84 bits per heavy atom. The quantitative estimate of drug-likeness (QED) is 0.582. The van der Waals surface area contributed by atoms with E-state index in [2.05, 4.69) is 4.90 Å². The summed E-state index contributed by atoms with van der Waals surface area (Å²) in [5, 5.41) is 0. The number of hydrogen-bond acceptors (Lipinski definition) is 3. The second-order valence-corrected chi connectivity index (χ2v) is 5.35. The van der Waals surface area contributed by atoms with E-state index in [9.17, 15) is 4.79 Å². The van der Waals surface area contributed by atoms with Crippen LogP contribution in [-0.2, 0) is 0 Å². The van der Waals surface area contributed by atoms with E-state index < -0.39 is 0 Å². The van der Waals surface area contributed by atoms with E-state index in [1.807, 2.05) is 26.0 Å². The van der Waals surface area contributed by atoms with Crippen LogP contribution in [0.5, 0.6) is 5.75 Å². The Bertz CT molecular complexity index is 413. The Hall–Kier alpha value is -1.35. The molecule has 3 heteroatoms. The summed E-state index contributed by atoms with van der Waals surface area (Å²) in [7, 11) is 0. The minimum Gasteiger partial charge on any atom is -0.493 e. The third-order valence-electron chi connectivity index (χ3n) is 3.68. The van der Waals surface area contributed by atoms with E-state index in [4.69, 9.17) is 4.74 Å². The van der Waals surface area contributed by atoms with Crippen LogP contribution in [0.1, 0.15) is 40.7 Å². The van der Waals surface area contributed by atoms with Gasteiger partial charge in [-0.3, -0.25) is 4.79 Å². The Morgan fingerprint density at radius 3 is 2.42 bits per heavy atom. The zero-order chi connectivity index (χ0) is 13.7. The topological polar surface area (TPSA) is 29.5 Å². The van der Waals surface area contributed by atoms with Crippen LogP contribution in [0.15, 0.2) is 12.1 Å². The molecular formula is C16H23NO2. The van der Waals surface area contributed by atoms with Crippen LogP contribution in [0.2, 0.25) is 0 Å². The summed E-state index contributed by atoms with van der Waals surface area (Å²) < 4.78 is 5.88. The van der Waals surface area contributed by atoms with Gasteiger partial charge in [-0.2, -0.15) is 0 Å². The Balaban J connectivity index is 1.83. The number of likely N-dealkylation sites (tertiary alicyclic amines) is 1. The lowest BCUT2D eigenvalue weighted by Crippen LogP contribution is -2.22. The van der Waals surface area contributed by atoms with Crippen molar-refractivity contribution in [2.45, 2.75) is 33.1 Å². The smallest absolute Gasteiger partial charge is 0.150 e. The summed E-state index contributed by atoms with van der Waals surface area (Å²) in [5.74, 6) is 0.937. The van der Waals surface area contributed by atoms with Gasteiger partial charge in [0.15, 0.2) is 0 Å². The van der Waals surface area contributed by atoms with Crippen LogP contribution in [0, 0.1) is 13.8 Å². The van der Waals surface area contributed by atoms with Gasteiger partial charge in [0, 0.05) is 12.1 Å². The first-order chi connectivity index (χ1) is 9.20. The van der Waals surface area contributed by atoms with Crippen molar-refractivity contribution in [1.29, 1.82) is 0 Å². The van der Waals surface area contributed by atoms with Gasteiger partial charge in [-0.05, 0) is 69.5 Å². The molecule has 0 bridgehead atoms. The van der Waals surface area contributed by atoms with Crippen molar-refractivity contribution in [3.8, 4) is 5.75 Å². The molecule has 1 aromatic rings. The zero-order valence-electron chi connectivity index (χ0n) is 11.9. The van der Waals surface area contributed by atoms with Crippen molar-refractivity contribution in [1.82, 2.24) is 4.90 Å². The number of carbonyl (C=O) groups is 1. The Kier molecular flexibility index (Phi) is 4.97. The summed E-state index contributed by atoms with van der Waals surface area (Å²) in [6.45, 7) is 8.35. The normalized spacial score (nSPS) is 15.7. The highest BCUT2D eigenvalue weighted by molar-refractivity contribution is 5.76. The van der Waals surface area contributed by atoms with Crippen LogP contribution in [0.3, 0.4) is 0 Å². The molecule has 1 heterocycles. The van der Waals surface area contributed by atoms with Crippen molar-refractivity contribution in [2.24, 2.45) is 0 Å². The van der Waals surface area contributed by atoms with E-state index in [1.165, 1.54) is 25.9 Å². The Morgan fingerprint density at radius 1 is 1.21 bits per heavy atom. The van der Waals surface area contributed by atoms with E-state index >= 15 is 0 Å². The molecule has 19 heavy (non-hydrogen) atoms. The molecule has 0 aliphatic carbocycles. The third kappa shape index (κ3) is 3.80. The van der Waals surface area contributed by atoms with Gasteiger partial charge in [0.2, 0.25) is 0 Å². The number of hydrogen-bond donors (Lipinski definition) is 0. The van der Waals surface area contributed by atoms with E-state index in [0.29, 0.717) is 0 Å². The molecule has 0 radical (unpaired) electrons. The van der Waals surface area contributed by atoms with E-state index in [-0.39, 0.29) is 0 Å². The third-order valence-corrected chi connectivity index (χ3v) is 3.68. The molecule has 0 unspecified atom stereocenters. The summed E-state index contributed by atoms with van der Waals surface area (Å²) in [6.07, 6.45) is 4.63. The molecule has 0 saturated carbocycles. The monoisotopic (exact) mass is 261 g/mol. The van der Waals surface area contributed by atoms with Crippen LogP contribution in [0.4, 0.5) is 0 Å². The lowest BCUT2D eigenvalue weighted by Gasteiger charge is -2.16. The van der Waals surface area contributed by atoms with Gasteiger partial charge in [-0.1, -0.05) is 0 Å². The van der Waals surface area contributed by atoms with Crippen molar-refractivity contribution in [3.63, 3.8) is 0 Å². The molecule has 1 saturated heterocycles. The predicted octanol–water partition coefficient (Wildman–Crippen LogP) is 2.98. The number of carbonyl (C=O) groups excluding carboxylic acids is 1. The highest BCUT2D eigenvalue weighted by atomic mass is 16.5. The molecule has 1 aliphatic rings. The standard InChI is InChI=1S/C16H23NO2/c1-13-10-15(12-18)11-14(2)16(13)19-9-5-8-17-6-3-4-7-17/h10-12H,3-9H2,1-2H3. The van der Waals surface area contributed by atoms with Crippen LogP contribution in [0.25, 0.3) is 0 Å². The van der Waals surface area contributed by atoms with Gasteiger partial charge in [-0.15, -0.1) is 0 Å². The fraction of sp³-hybridized carbons (Fsp3) is 0.562. The minimum atomic E-state index is 0.722. The van der Waals surface area contributed by atoms with Gasteiger partial charge < -0.3 is 9.64 Å². The summed E-state index contributed by atoms with van der Waals surface area (Å²) in [5.41, 5.74) is 2.81. The Labute approximate surface area is 115 Å². The number of nitrogens with zero attached hydrogens (tertiary/aromatic N) is 1. The molecular weight excluding hydrogens is 238 g/mol. The van der Waals surface area contributed by atoms with Crippen molar-refractivity contribution < 1.29 is 9.53 Å². The first-order valence-corrected chi connectivity index (χ1v) is 7.12. The molecule has 3 nitrogen and oxygen atoms in total. The number of rotatable bonds is 6. The zero-order valence-corrected chi connectivity index (χ0v) is 11.9. The average molecular weight is 261 g/mol. The molecule has 0 amide bonds. The fourth-order valence-electron chi connectivity index (χ4n) is 2.75. The highest BCUT2D eigenvalue weighted by Gasteiger charge is 2.11. The molecule has 104 valence electrons. The van der Waals surface area contributed by atoms with Crippen molar-refractivity contribution >= 4 is 6.29 Å². The fourth-order valence-corrected chi connectivity index (χ4v) is 2.75. The van der Waals surface area contributed by atoms with E-state index in [1.54, 1.807) is 0 Å². The summed E-state index contributed by atoms with van der Waals surface area (Å²) >= 11 is 0. The number of aldehydes is 1. The maximum absolute atomic E-state index is 10.8. The van der Waals surface area contributed by atoms with Crippen LogP contribution in [-0.4, -0.2) is 37.4 Å². The molecule has 1 aromatic carbocycles. The van der Waals surface area contributed by atoms with Crippen molar-refractivity contribution in [2.75, 3.05) is 26.2 Å². The van der Waals surface area contributed by atoms with Gasteiger partial charge in [0.05, 0.1) is 6.61 Å². The summed E-state index contributed by atoms with van der Waals surface area (Å²) in [4.78, 5) is 13.3. The van der Waals surface area contributed by atoms with Gasteiger partial charge >= 0.3 is 0 Å². The molecule has 0 N–H and O–H groups in total. The number of ether oxygens (including phenoxy) is 1.